The van der Waals surface area contributed by atoms with E-state index in [9.17, 15) is 14.7 Å². The molecular formula is C23H27ClN3O3-. The van der Waals surface area contributed by atoms with Crippen molar-refractivity contribution in [1.29, 1.82) is 0 Å². The molecule has 3 rings (SSSR count). The molecule has 2 aromatic carbocycles. The standard InChI is InChI=1S/C23H27N3O3.ClH/c1-3-25(4-2)15-14-24-22(28)20-21(27)18-12-8-9-13-19(18)26(23(20)29)16-17-10-6-5-7-11-17;/h5-13,27H,3-4,14-16H2,1-2H3,(H,24,28);1H/p-1. The summed E-state index contributed by atoms with van der Waals surface area (Å²) in [6.45, 7) is 7.30. The van der Waals surface area contributed by atoms with Crippen molar-refractivity contribution in [1.82, 2.24) is 14.8 Å². The van der Waals surface area contributed by atoms with E-state index in [4.69, 9.17) is 0 Å². The lowest BCUT2D eigenvalue weighted by Crippen LogP contribution is -3.00. The molecule has 1 amide bonds. The van der Waals surface area contributed by atoms with Crippen LogP contribution in [-0.2, 0) is 6.54 Å². The highest BCUT2D eigenvalue weighted by atomic mass is 35.5. The maximum Gasteiger partial charge on any atom is 0.268 e. The highest BCUT2D eigenvalue weighted by molar-refractivity contribution is 6.02. The van der Waals surface area contributed by atoms with E-state index in [1.807, 2.05) is 36.4 Å². The van der Waals surface area contributed by atoms with E-state index in [1.54, 1.807) is 22.8 Å². The fourth-order valence-corrected chi connectivity index (χ4v) is 3.47. The van der Waals surface area contributed by atoms with Gasteiger partial charge in [0.15, 0.2) is 0 Å². The average molecular weight is 429 g/mol. The molecule has 160 valence electrons. The molecule has 0 fully saturated rings. The summed E-state index contributed by atoms with van der Waals surface area (Å²) in [4.78, 5) is 28.2. The van der Waals surface area contributed by atoms with Gasteiger partial charge in [0.2, 0.25) is 0 Å². The van der Waals surface area contributed by atoms with E-state index >= 15 is 0 Å². The van der Waals surface area contributed by atoms with Crippen LogP contribution in [0.15, 0.2) is 59.4 Å². The molecule has 1 aromatic heterocycles. The molecule has 30 heavy (non-hydrogen) atoms. The normalized spacial score (nSPS) is 10.8. The maximum atomic E-state index is 13.2. The van der Waals surface area contributed by atoms with Crippen LogP contribution in [0.5, 0.6) is 5.75 Å². The quantitative estimate of drug-likeness (QED) is 0.522. The predicted octanol–water partition coefficient (Wildman–Crippen LogP) is -0.169. The minimum atomic E-state index is -0.549. The summed E-state index contributed by atoms with van der Waals surface area (Å²) in [5.41, 5.74) is 0.835. The van der Waals surface area contributed by atoms with Crippen molar-refractivity contribution in [3.05, 3.63) is 76.1 Å². The topological polar surface area (TPSA) is 74.6 Å². The van der Waals surface area contributed by atoms with Gasteiger partial charge in [-0.1, -0.05) is 56.3 Å². The van der Waals surface area contributed by atoms with E-state index in [1.165, 1.54) is 0 Å². The van der Waals surface area contributed by atoms with Gasteiger partial charge in [-0.3, -0.25) is 9.59 Å². The van der Waals surface area contributed by atoms with Crippen molar-refractivity contribution < 1.29 is 22.3 Å². The van der Waals surface area contributed by atoms with Gasteiger partial charge >= 0.3 is 0 Å². The molecule has 0 aliphatic heterocycles. The fraction of sp³-hybridized carbons (Fsp3) is 0.304. The van der Waals surface area contributed by atoms with Gasteiger partial charge in [-0.25, -0.2) is 0 Å². The van der Waals surface area contributed by atoms with Gasteiger partial charge < -0.3 is 32.3 Å². The lowest BCUT2D eigenvalue weighted by molar-refractivity contribution is -0.0000157. The Morgan fingerprint density at radius 2 is 1.67 bits per heavy atom. The van der Waals surface area contributed by atoms with Crippen LogP contribution in [0.3, 0.4) is 0 Å². The summed E-state index contributed by atoms with van der Waals surface area (Å²) < 4.78 is 1.55. The Labute approximate surface area is 182 Å². The van der Waals surface area contributed by atoms with Crippen LogP contribution in [-0.4, -0.2) is 46.7 Å². The number of amides is 1. The monoisotopic (exact) mass is 428 g/mol. The largest absolute Gasteiger partial charge is 1.00 e. The Morgan fingerprint density at radius 1 is 1.03 bits per heavy atom. The van der Waals surface area contributed by atoms with Gasteiger partial charge in [-0.05, 0) is 30.8 Å². The summed E-state index contributed by atoms with van der Waals surface area (Å²) in [6, 6.07) is 16.7. The van der Waals surface area contributed by atoms with Gasteiger partial charge in [0.25, 0.3) is 11.5 Å². The molecule has 3 aromatic rings. The van der Waals surface area contributed by atoms with Crippen molar-refractivity contribution in [3.63, 3.8) is 0 Å². The first-order valence-corrected chi connectivity index (χ1v) is 9.95. The summed E-state index contributed by atoms with van der Waals surface area (Å²) in [7, 11) is 0. The Bertz CT molecular complexity index is 1050. The minimum absolute atomic E-state index is 0. The third-order valence-corrected chi connectivity index (χ3v) is 5.16. The number of para-hydroxylation sites is 1. The Balaban J connectivity index is 0.00000320. The molecule has 7 heteroatoms. The zero-order valence-corrected chi connectivity index (χ0v) is 18.0. The number of carbonyl (C=O) groups is 1. The van der Waals surface area contributed by atoms with E-state index < -0.39 is 11.5 Å². The molecule has 0 aliphatic carbocycles. The Morgan fingerprint density at radius 3 is 2.33 bits per heavy atom. The molecule has 0 aliphatic rings. The maximum absolute atomic E-state index is 13.2. The van der Waals surface area contributed by atoms with Crippen LogP contribution in [0, 0.1) is 0 Å². The smallest absolute Gasteiger partial charge is 0.268 e. The molecule has 0 saturated carbocycles. The zero-order chi connectivity index (χ0) is 20.8. The van der Waals surface area contributed by atoms with Gasteiger partial charge in [0, 0.05) is 18.5 Å². The van der Waals surface area contributed by atoms with Gasteiger partial charge in [0.05, 0.1) is 12.1 Å². The zero-order valence-electron chi connectivity index (χ0n) is 17.3. The first-order valence-electron chi connectivity index (χ1n) is 9.95. The molecule has 1 heterocycles. The van der Waals surface area contributed by atoms with E-state index in [-0.39, 0.29) is 23.7 Å². The van der Waals surface area contributed by atoms with Crippen molar-refractivity contribution in [2.75, 3.05) is 26.2 Å². The molecule has 0 unspecified atom stereocenters. The lowest BCUT2D eigenvalue weighted by atomic mass is 10.1. The molecule has 2 N–H and O–H groups in total. The fourth-order valence-electron chi connectivity index (χ4n) is 3.47. The van der Waals surface area contributed by atoms with Crippen LogP contribution in [0.25, 0.3) is 10.9 Å². The average Bonchev–Trinajstić information content (AvgIpc) is 2.75. The molecule has 0 radical (unpaired) electrons. The highest BCUT2D eigenvalue weighted by Gasteiger charge is 2.22. The minimum Gasteiger partial charge on any atom is -1.00 e. The number of hydrogen-bond acceptors (Lipinski definition) is 4. The second kappa shape index (κ2) is 10.8. The third-order valence-electron chi connectivity index (χ3n) is 5.16. The number of pyridine rings is 1. The number of likely N-dealkylation sites (N-methyl/N-ethyl adjacent to an activating group) is 1. The molecule has 0 bridgehead atoms. The first kappa shape index (κ1) is 23.4. The highest BCUT2D eigenvalue weighted by Crippen LogP contribution is 2.26. The summed E-state index contributed by atoms with van der Waals surface area (Å²) in [5.74, 6) is -0.817. The summed E-state index contributed by atoms with van der Waals surface area (Å²) >= 11 is 0. The van der Waals surface area contributed by atoms with Crippen LogP contribution in [0.1, 0.15) is 29.8 Å². The predicted molar refractivity (Wildman–Crippen MR) is 116 cm³/mol. The number of nitrogens with zero attached hydrogens (tertiary/aromatic N) is 2. The molecular weight excluding hydrogens is 402 g/mol. The van der Waals surface area contributed by atoms with Gasteiger partial charge in [0.1, 0.15) is 11.3 Å². The third kappa shape index (κ3) is 5.01. The van der Waals surface area contributed by atoms with Gasteiger partial charge in [-0.15, -0.1) is 0 Å². The first-order chi connectivity index (χ1) is 14.1. The number of aromatic hydroxyl groups is 1. The second-order valence-electron chi connectivity index (χ2n) is 6.90. The van der Waals surface area contributed by atoms with Crippen LogP contribution in [0.2, 0.25) is 0 Å². The van der Waals surface area contributed by atoms with Crippen molar-refractivity contribution >= 4 is 16.8 Å². The van der Waals surface area contributed by atoms with E-state index in [0.717, 1.165) is 18.7 Å². The Kier molecular flexibility index (Phi) is 8.45. The molecule has 0 saturated heterocycles. The number of nitrogens with one attached hydrogen (secondary N) is 1. The number of aromatic nitrogens is 1. The van der Waals surface area contributed by atoms with Crippen LogP contribution in [0.4, 0.5) is 0 Å². The van der Waals surface area contributed by atoms with Crippen molar-refractivity contribution in [2.24, 2.45) is 0 Å². The summed E-state index contributed by atoms with van der Waals surface area (Å²) in [5, 5.41) is 14.0. The second-order valence-corrected chi connectivity index (χ2v) is 6.90. The van der Waals surface area contributed by atoms with Crippen molar-refractivity contribution in [3.8, 4) is 5.75 Å². The number of carbonyl (C=O) groups excluding carboxylic acids is 1. The van der Waals surface area contributed by atoms with Crippen molar-refractivity contribution in [2.45, 2.75) is 20.4 Å². The van der Waals surface area contributed by atoms with Gasteiger partial charge in [-0.2, -0.15) is 0 Å². The summed E-state index contributed by atoms with van der Waals surface area (Å²) in [6.07, 6.45) is 0. The number of hydrogen-bond donors (Lipinski definition) is 2. The number of benzene rings is 2. The number of fused-ring (bicyclic) bond motifs is 1. The lowest BCUT2D eigenvalue weighted by Gasteiger charge is -2.18. The molecule has 0 spiro atoms. The van der Waals surface area contributed by atoms with E-state index in [0.29, 0.717) is 30.5 Å². The van der Waals surface area contributed by atoms with Crippen LogP contribution < -0.4 is 23.3 Å². The molecule has 6 nitrogen and oxygen atoms in total. The Hall–Kier alpha value is -2.83. The van der Waals surface area contributed by atoms with Crippen LogP contribution >= 0.6 is 0 Å². The molecule has 0 atom stereocenters. The van der Waals surface area contributed by atoms with E-state index in [2.05, 4.69) is 24.1 Å². The SMILES string of the molecule is CCN(CC)CCNC(=O)c1c(O)c2ccccc2n(Cc2ccccc2)c1=O.[Cl-]. The number of halogens is 1. The number of rotatable bonds is 8.